The molecule has 0 aliphatic rings. The van der Waals surface area contributed by atoms with E-state index in [1.165, 1.54) is 12.1 Å². The highest BCUT2D eigenvalue weighted by atomic mass is 32.2. The van der Waals surface area contributed by atoms with Gasteiger partial charge < -0.3 is 11.1 Å². The molecular formula is C11H17N3O3S. The maximum atomic E-state index is 11.5. The first-order valence-electron chi connectivity index (χ1n) is 5.29. The van der Waals surface area contributed by atoms with Crippen molar-refractivity contribution in [3.63, 3.8) is 0 Å². The smallest absolute Gasteiger partial charge is 0.239 e. The van der Waals surface area contributed by atoms with Gasteiger partial charge in [0.1, 0.15) is 0 Å². The Balaban J connectivity index is 2.79. The molecule has 0 unspecified atom stereocenters. The highest BCUT2D eigenvalue weighted by molar-refractivity contribution is 7.89. The molecule has 7 heteroatoms. The molecule has 0 saturated heterocycles. The van der Waals surface area contributed by atoms with Crippen molar-refractivity contribution >= 4 is 15.9 Å². The number of hydrogen-bond acceptors (Lipinski definition) is 4. The second-order valence-electron chi connectivity index (χ2n) is 4.60. The lowest BCUT2D eigenvalue weighted by Crippen LogP contribution is -2.48. The van der Waals surface area contributed by atoms with Crippen LogP contribution in [0.25, 0.3) is 0 Å². The molecule has 0 aromatic heterocycles. The summed E-state index contributed by atoms with van der Waals surface area (Å²) in [6, 6.07) is 6.07. The Labute approximate surface area is 106 Å². The zero-order valence-electron chi connectivity index (χ0n) is 10.3. The summed E-state index contributed by atoms with van der Waals surface area (Å²) in [4.78, 5) is 11.6. The summed E-state index contributed by atoms with van der Waals surface area (Å²) in [5.41, 5.74) is 5.28. The average molecular weight is 271 g/mol. The van der Waals surface area contributed by atoms with Gasteiger partial charge in [0.05, 0.1) is 10.4 Å². The molecule has 1 rings (SSSR count). The fraction of sp³-hybridized carbons (Fsp3) is 0.364. The summed E-state index contributed by atoms with van der Waals surface area (Å²) in [6.07, 6.45) is 0. The number of benzene rings is 1. The molecule has 6 nitrogen and oxygen atoms in total. The van der Waals surface area contributed by atoms with E-state index >= 15 is 0 Å². The summed E-state index contributed by atoms with van der Waals surface area (Å²) in [7, 11) is -3.73. The van der Waals surface area contributed by atoms with E-state index in [1.807, 2.05) is 0 Å². The minimum absolute atomic E-state index is 0.0151. The van der Waals surface area contributed by atoms with Crippen LogP contribution >= 0.6 is 0 Å². The van der Waals surface area contributed by atoms with Crippen molar-refractivity contribution in [2.75, 3.05) is 0 Å². The third-order valence-electron chi connectivity index (χ3n) is 2.27. The van der Waals surface area contributed by atoms with Gasteiger partial charge in [-0.05, 0) is 31.5 Å². The van der Waals surface area contributed by atoms with Gasteiger partial charge in [0, 0.05) is 6.54 Å². The molecule has 0 fully saturated rings. The zero-order valence-corrected chi connectivity index (χ0v) is 11.1. The molecule has 0 aliphatic heterocycles. The minimum atomic E-state index is -3.73. The summed E-state index contributed by atoms with van der Waals surface area (Å²) in [5.74, 6) is -0.316. The molecule has 0 spiro atoms. The van der Waals surface area contributed by atoms with E-state index in [0.717, 1.165) is 0 Å². The Bertz CT molecular complexity index is 547. The predicted molar refractivity (Wildman–Crippen MR) is 67.9 cm³/mol. The van der Waals surface area contributed by atoms with E-state index in [4.69, 9.17) is 10.9 Å². The van der Waals surface area contributed by atoms with Gasteiger partial charge in [-0.1, -0.05) is 12.1 Å². The van der Waals surface area contributed by atoms with Gasteiger partial charge in [-0.3, -0.25) is 4.79 Å². The molecule has 0 atom stereocenters. The van der Waals surface area contributed by atoms with Crippen LogP contribution in [0.5, 0.6) is 0 Å². The first-order valence-corrected chi connectivity index (χ1v) is 6.84. The van der Waals surface area contributed by atoms with E-state index in [1.54, 1.807) is 26.0 Å². The second kappa shape index (κ2) is 5.05. The number of nitrogens with one attached hydrogen (secondary N) is 1. The average Bonchev–Trinajstić information content (AvgIpc) is 2.23. The standard InChI is InChI=1S/C11H17N3O3S/c1-11(2,12)10(15)14-7-8-4-3-5-9(6-8)18(13,16)17/h3-6H,7,12H2,1-2H3,(H,14,15)(H2,13,16,17). The van der Waals surface area contributed by atoms with Crippen LogP contribution in [0.1, 0.15) is 19.4 Å². The highest BCUT2D eigenvalue weighted by Gasteiger charge is 2.21. The molecule has 1 amide bonds. The SMILES string of the molecule is CC(C)(N)C(=O)NCc1cccc(S(N)(=O)=O)c1. The Morgan fingerprint density at radius 2 is 2.00 bits per heavy atom. The molecule has 18 heavy (non-hydrogen) atoms. The minimum Gasteiger partial charge on any atom is -0.350 e. The summed E-state index contributed by atoms with van der Waals surface area (Å²) >= 11 is 0. The van der Waals surface area contributed by atoms with E-state index in [9.17, 15) is 13.2 Å². The maximum Gasteiger partial charge on any atom is 0.239 e. The number of nitrogens with two attached hydrogens (primary N) is 2. The largest absolute Gasteiger partial charge is 0.350 e. The lowest BCUT2D eigenvalue weighted by Gasteiger charge is -2.17. The molecule has 0 aliphatic carbocycles. The molecule has 0 radical (unpaired) electrons. The van der Waals surface area contributed by atoms with Crippen LogP contribution in [0, 0.1) is 0 Å². The van der Waals surface area contributed by atoms with Crippen molar-refractivity contribution in [2.24, 2.45) is 10.9 Å². The third-order valence-corrected chi connectivity index (χ3v) is 3.18. The van der Waals surface area contributed by atoms with E-state index in [2.05, 4.69) is 5.32 Å². The molecule has 5 N–H and O–H groups in total. The van der Waals surface area contributed by atoms with Crippen LogP contribution in [0.15, 0.2) is 29.2 Å². The van der Waals surface area contributed by atoms with Crippen LogP contribution in [0.2, 0.25) is 0 Å². The Morgan fingerprint density at radius 3 is 2.50 bits per heavy atom. The van der Waals surface area contributed by atoms with Crippen molar-refractivity contribution in [1.82, 2.24) is 5.32 Å². The van der Waals surface area contributed by atoms with Gasteiger partial charge in [-0.15, -0.1) is 0 Å². The van der Waals surface area contributed by atoms with Crippen LogP contribution < -0.4 is 16.2 Å². The van der Waals surface area contributed by atoms with E-state index < -0.39 is 15.6 Å². The Hall–Kier alpha value is -1.44. The van der Waals surface area contributed by atoms with E-state index in [-0.39, 0.29) is 17.3 Å². The molecule has 1 aromatic rings. The van der Waals surface area contributed by atoms with Gasteiger partial charge >= 0.3 is 0 Å². The number of sulfonamides is 1. The van der Waals surface area contributed by atoms with Gasteiger partial charge in [-0.25, -0.2) is 13.6 Å². The van der Waals surface area contributed by atoms with Crippen molar-refractivity contribution in [3.8, 4) is 0 Å². The molecule has 1 aromatic carbocycles. The summed E-state index contributed by atoms with van der Waals surface area (Å²) < 4.78 is 22.3. The topological polar surface area (TPSA) is 115 Å². The fourth-order valence-electron chi connectivity index (χ4n) is 1.24. The van der Waals surface area contributed by atoms with E-state index in [0.29, 0.717) is 5.56 Å². The van der Waals surface area contributed by atoms with Crippen LogP contribution in [-0.4, -0.2) is 19.9 Å². The van der Waals surface area contributed by atoms with Crippen LogP contribution in [-0.2, 0) is 21.4 Å². The van der Waals surface area contributed by atoms with Crippen molar-refractivity contribution in [1.29, 1.82) is 0 Å². The molecule has 0 bridgehead atoms. The van der Waals surface area contributed by atoms with Crippen molar-refractivity contribution < 1.29 is 13.2 Å². The molecule has 0 heterocycles. The lowest BCUT2D eigenvalue weighted by molar-refractivity contribution is -0.125. The number of primary sulfonamides is 1. The molecular weight excluding hydrogens is 254 g/mol. The number of carbonyl (C=O) groups is 1. The number of hydrogen-bond donors (Lipinski definition) is 3. The van der Waals surface area contributed by atoms with Crippen molar-refractivity contribution in [2.45, 2.75) is 30.8 Å². The first kappa shape index (κ1) is 14.6. The zero-order chi connectivity index (χ0) is 14.0. The number of rotatable bonds is 4. The van der Waals surface area contributed by atoms with Gasteiger partial charge in [0.25, 0.3) is 0 Å². The van der Waals surface area contributed by atoms with Gasteiger partial charge in [-0.2, -0.15) is 0 Å². The Morgan fingerprint density at radius 1 is 1.39 bits per heavy atom. The lowest BCUT2D eigenvalue weighted by atomic mass is 10.1. The Kier molecular flexibility index (Phi) is 4.10. The van der Waals surface area contributed by atoms with Crippen LogP contribution in [0.3, 0.4) is 0 Å². The summed E-state index contributed by atoms with van der Waals surface area (Å²) in [6.45, 7) is 3.37. The normalized spacial score (nSPS) is 12.2. The summed E-state index contributed by atoms with van der Waals surface area (Å²) in [5, 5.41) is 7.63. The molecule has 100 valence electrons. The van der Waals surface area contributed by atoms with Crippen LogP contribution in [0.4, 0.5) is 0 Å². The second-order valence-corrected chi connectivity index (χ2v) is 6.16. The predicted octanol–water partition coefficient (Wildman–Crippen LogP) is -0.312. The molecule has 0 saturated carbocycles. The fourth-order valence-corrected chi connectivity index (χ4v) is 1.83. The first-order chi connectivity index (χ1) is 8.10. The quantitative estimate of drug-likeness (QED) is 0.696. The maximum absolute atomic E-state index is 11.5. The van der Waals surface area contributed by atoms with Gasteiger partial charge in [0.2, 0.25) is 15.9 Å². The monoisotopic (exact) mass is 271 g/mol. The third kappa shape index (κ3) is 4.10. The number of amides is 1. The highest BCUT2D eigenvalue weighted by Crippen LogP contribution is 2.09. The number of carbonyl (C=O) groups excluding carboxylic acids is 1. The van der Waals surface area contributed by atoms with Crippen molar-refractivity contribution in [3.05, 3.63) is 29.8 Å². The van der Waals surface area contributed by atoms with Gasteiger partial charge in [0.15, 0.2) is 0 Å².